The minimum absolute atomic E-state index is 0.138. The van der Waals surface area contributed by atoms with Crippen molar-refractivity contribution < 1.29 is 14.0 Å². The number of anilines is 1. The number of amides is 3. The number of likely N-dealkylation sites (tertiary alicyclic amines) is 1. The lowest BCUT2D eigenvalue weighted by atomic mass is 10.0. The highest BCUT2D eigenvalue weighted by molar-refractivity contribution is 5.89. The molecule has 5 N–H and O–H groups in total. The van der Waals surface area contributed by atoms with E-state index in [9.17, 15) is 18.8 Å². The molecule has 1 aromatic carbocycles. The molecule has 12 heteroatoms. The van der Waals surface area contributed by atoms with E-state index in [1.807, 2.05) is 24.3 Å². The van der Waals surface area contributed by atoms with E-state index in [1.165, 1.54) is 26.9 Å². The highest BCUT2D eigenvalue weighted by atomic mass is 19.1. The van der Waals surface area contributed by atoms with Gasteiger partial charge in [-0.2, -0.15) is 4.98 Å². The first-order chi connectivity index (χ1) is 17.7. The molecule has 3 aliphatic rings. The van der Waals surface area contributed by atoms with E-state index >= 15 is 0 Å². The number of hydrogen-bond donors (Lipinski definition) is 3. The summed E-state index contributed by atoms with van der Waals surface area (Å²) < 4.78 is 14.4. The van der Waals surface area contributed by atoms with Crippen molar-refractivity contribution in [1.82, 2.24) is 24.3 Å². The number of carbonyl (C=O) groups excluding carboxylic acids is 2. The minimum atomic E-state index is -1.57. The number of urea groups is 1. The van der Waals surface area contributed by atoms with Gasteiger partial charge in [-0.25, -0.2) is 14.0 Å². The van der Waals surface area contributed by atoms with Crippen molar-refractivity contribution in [3.63, 3.8) is 0 Å². The number of piperidine rings is 1. The molecule has 1 aromatic heterocycles. The number of alkyl halides is 1. The van der Waals surface area contributed by atoms with Crippen LogP contribution in [-0.2, 0) is 11.3 Å². The normalized spacial score (nSPS) is 24.9. The van der Waals surface area contributed by atoms with Crippen LogP contribution in [0, 0.1) is 11.8 Å². The second-order valence-electron chi connectivity index (χ2n) is 10.5. The Hall–Kier alpha value is -3.35. The standard InChI is InChI=1S/C25H33FN8O3/c1-25(28,15-26)22(35)32-8-10-33(11-9-32)23(36)29-20-6-7-34(24(37)30-20)17-4-2-16(3-5-17)12-31-13-18-19(14-31)21(18)27/h2-7,18-19,21H,8-15,27-28H2,1H3,(H,29,30,36,37)/t18-,19+,21?,25?. The number of nitrogens with zero attached hydrogens (tertiary/aromatic N) is 5. The van der Waals surface area contributed by atoms with Gasteiger partial charge in [0.25, 0.3) is 0 Å². The average molecular weight is 513 g/mol. The zero-order chi connectivity index (χ0) is 26.3. The molecule has 198 valence electrons. The number of piperazine rings is 1. The van der Waals surface area contributed by atoms with Crippen LogP contribution in [0.1, 0.15) is 12.5 Å². The van der Waals surface area contributed by atoms with Gasteiger partial charge in [0.2, 0.25) is 5.91 Å². The fourth-order valence-corrected chi connectivity index (χ4v) is 5.20. The van der Waals surface area contributed by atoms with Crippen LogP contribution in [0.15, 0.2) is 41.3 Å². The Morgan fingerprint density at radius 1 is 1.08 bits per heavy atom. The highest BCUT2D eigenvalue weighted by Crippen LogP contribution is 2.44. The van der Waals surface area contributed by atoms with E-state index in [-0.39, 0.29) is 32.0 Å². The van der Waals surface area contributed by atoms with Gasteiger partial charge in [0.05, 0.1) is 5.69 Å². The molecule has 0 radical (unpaired) electrons. The van der Waals surface area contributed by atoms with Crippen molar-refractivity contribution in [2.45, 2.75) is 25.0 Å². The number of nitrogens with one attached hydrogen (secondary N) is 1. The van der Waals surface area contributed by atoms with Crippen LogP contribution in [0.4, 0.5) is 15.0 Å². The maximum Gasteiger partial charge on any atom is 0.354 e. The summed E-state index contributed by atoms with van der Waals surface area (Å²) in [5, 5.41) is 2.64. The molecule has 2 aliphatic heterocycles. The van der Waals surface area contributed by atoms with Gasteiger partial charge in [-0.1, -0.05) is 12.1 Å². The summed E-state index contributed by atoms with van der Waals surface area (Å²) in [7, 11) is 0. The lowest BCUT2D eigenvalue weighted by Crippen LogP contribution is -2.60. The summed E-state index contributed by atoms with van der Waals surface area (Å²) >= 11 is 0. The van der Waals surface area contributed by atoms with E-state index in [1.54, 1.807) is 12.3 Å². The van der Waals surface area contributed by atoms with Crippen LogP contribution in [-0.4, -0.2) is 93.7 Å². The maximum absolute atomic E-state index is 13.0. The van der Waals surface area contributed by atoms with Crippen LogP contribution in [0.5, 0.6) is 0 Å². The molecule has 4 atom stereocenters. The number of nitrogens with two attached hydrogens (primary N) is 2. The number of hydrogen-bond acceptors (Lipinski definition) is 7. The molecular weight excluding hydrogens is 479 g/mol. The molecule has 11 nitrogen and oxygen atoms in total. The Morgan fingerprint density at radius 3 is 2.30 bits per heavy atom. The van der Waals surface area contributed by atoms with Crippen LogP contribution < -0.4 is 22.5 Å². The highest BCUT2D eigenvalue weighted by Gasteiger charge is 2.53. The second-order valence-corrected chi connectivity index (χ2v) is 10.5. The molecule has 5 rings (SSSR count). The lowest BCUT2D eigenvalue weighted by molar-refractivity contribution is -0.138. The van der Waals surface area contributed by atoms with Gasteiger partial charge in [-0.3, -0.25) is 19.6 Å². The molecule has 0 spiro atoms. The van der Waals surface area contributed by atoms with Crippen molar-refractivity contribution in [3.8, 4) is 5.69 Å². The minimum Gasteiger partial charge on any atom is -0.337 e. The van der Waals surface area contributed by atoms with Gasteiger partial charge < -0.3 is 21.3 Å². The fourth-order valence-electron chi connectivity index (χ4n) is 5.20. The molecule has 1 aliphatic carbocycles. The third-order valence-electron chi connectivity index (χ3n) is 7.62. The van der Waals surface area contributed by atoms with Gasteiger partial charge in [-0.15, -0.1) is 0 Å². The zero-order valence-electron chi connectivity index (χ0n) is 20.8. The van der Waals surface area contributed by atoms with Gasteiger partial charge in [0.15, 0.2) is 0 Å². The predicted octanol–water partition coefficient (Wildman–Crippen LogP) is -0.0156. The maximum atomic E-state index is 13.0. The number of rotatable bonds is 6. The van der Waals surface area contributed by atoms with E-state index in [2.05, 4.69) is 15.2 Å². The summed E-state index contributed by atoms with van der Waals surface area (Å²) in [6.07, 6.45) is 1.57. The van der Waals surface area contributed by atoms with Crippen LogP contribution >= 0.6 is 0 Å². The van der Waals surface area contributed by atoms with Crippen LogP contribution in [0.25, 0.3) is 5.69 Å². The molecule has 2 unspecified atom stereocenters. The Morgan fingerprint density at radius 2 is 1.70 bits per heavy atom. The quantitative estimate of drug-likeness (QED) is 0.494. The molecule has 2 saturated heterocycles. The average Bonchev–Trinajstić information content (AvgIpc) is 3.28. The Bertz CT molecular complexity index is 1210. The van der Waals surface area contributed by atoms with E-state index < -0.39 is 29.8 Å². The van der Waals surface area contributed by atoms with Crippen molar-refractivity contribution in [2.75, 3.05) is 51.3 Å². The molecule has 0 bridgehead atoms. The molecule has 3 fully saturated rings. The smallest absolute Gasteiger partial charge is 0.337 e. The number of benzene rings is 1. The molecule has 37 heavy (non-hydrogen) atoms. The molecule has 2 aromatic rings. The van der Waals surface area contributed by atoms with Gasteiger partial charge in [0.1, 0.15) is 18.0 Å². The van der Waals surface area contributed by atoms with Gasteiger partial charge >= 0.3 is 11.7 Å². The molecular formula is C25H33FN8O3. The Balaban J connectivity index is 1.14. The third kappa shape index (κ3) is 5.22. The number of carbonyl (C=O) groups is 2. The monoisotopic (exact) mass is 512 g/mol. The first-order valence-corrected chi connectivity index (χ1v) is 12.5. The van der Waals surface area contributed by atoms with Gasteiger partial charge in [-0.05, 0) is 42.5 Å². The summed E-state index contributed by atoms with van der Waals surface area (Å²) in [6.45, 7) is 4.36. The summed E-state index contributed by atoms with van der Waals surface area (Å²) in [4.78, 5) is 47.0. The fraction of sp³-hybridized carbons (Fsp3) is 0.520. The van der Waals surface area contributed by atoms with E-state index in [4.69, 9.17) is 11.5 Å². The van der Waals surface area contributed by atoms with Crippen molar-refractivity contribution >= 4 is 17.8 Å². The second kappa shape index (κ2) is 9.84. The molecule has 1 saturated carbocycles. The largest absolute Gasteiger partial charge is 0.354 e. The van der Waals surface area contributed by atoms with Crippen LogP contribution in [0.3, 0.4) is 0 Å². The number of fused-ring (bicyclic) bond motifs is 1. The van der Waals surface area contributed by atoms with Crippen molar-refractivity contribution in [3.05, 3.63) is 52.6 Å². The number of aromatic nitrogens is 2. The first kappa shape index (κ1) is 25.3. The topological polar surface area (TPSA) is 143 Å². The van der Waals surface area contributed by atoms with E-state index in [0.29, 0.717) is 23.6 Å². The van der Waals surface area contributed by atoms with Crippen molar-refractivity contribution in [1.29, 1.82) is 0 Å². The lowest BCUT2D eigenvalue weighted by Gasteiger charge is -2.37. The summed E-state index contributed by atoms with van der Waals surface area (Å²) in [5.41, 5.74) is 11.5. The third-order valence-corrected chi connectivity index (χ3v) is 7.62. The first-order valence-electron chi connectivity index (χ1n) is 12.5. The summed E-state index contributed by atoms with van der Waals surface area (Å²) in [5.74, 6) is 0.947. The van der Waals surface area contributed by atoms with E-state index in [0.717, 1.165) is 19.6 Å². The van der Waals surface area contributed by atoms with Crippen molar-refractivity contribution in [2.24, 2.45) is 23.3 Å². The Labute approximate surface area is 214 Å². The molecule has 3 heterocycles. The van der Waals surface area contributed by atoms with Crippen LogP contribution in [0.2, 0.25) is 0 Å². The molecule has 3 amide bonds. The summed E-state index contributed by atoms with van der Waals surface area (Å²) in [6, 6.07) is 9.29. The predicted molar refractivity (Wildman–Crippen MR) is 136 cm³/mol. The van der Waals surface area contributed by atoms with Gasteiger partial charge in [0, 0.05) is 58.1 Å². The number of halogens is 1. The zero-order valence-corrected chi connectivity index (χ0v) is 20.8. The SMILES string of the molecule is CC(N)(CF)C(=O)N1CCN(C(=O)Nc2ccn(-c3ccc(CN4C[C@@H]5C(N)[C@@H]5C4)cc3)c(=O)n2)CC1. The Kier molecular flexibility index (Phi) is 6.73.